The predicted octanol–water partition coefficient (Wildman–Crippen LogP) is 1.75. The maximum absolute atomic E-state index is 9.01. The van der Waals surface area contributed by atoms with Crippen LogP contribution in [0, 0.1) is 5.41 Å². The van der Waals surface area contributed by atoms with Crippen LogP contribution in [0.2, 0.25) is 0 Å². The van der Waals surface area contributed by atoms with Crippen molar-refractivity contribution in [1.82, 2.24) is 0 Å². The number of hydrogen-bond acceptors (Lipinski definition) is 4. The van der Waals surface area contributed by atoms with Crippen molar-refractivity contribution < 1.29 is 19.3 Å². The van der Waals surface area contributed by atoms with Crippen molar-refractivity contribution in [3.63, 3.8) is 0 Å². The Morgan fingerprint density at radius 1 is 1.12 bits per heavy atom. The maximum atomic E-state index is 9.01. The Labute approximate surface area is 104 Å². The first kappa shape index (κ1) is 16.3. The Balaban J connectivity index is 3.43. The van der Waals surface area contributed by atoms with Gasteiger partial charge in [-0.05, 0) is 0 Å². The molecule has 4 heteroatoms. The van der Waals surface area contributed by atoms with E-state index in [2.05, 4.69) is 0 Å². The minimum absolute atomic E-state index is 0.140. The Hall–Kier alpha value is -0.680. The van der Waals surface area contributed by atoms with Crippen LogP contribution >= 0.6 is 0 Å². The zero-order valence-electron chi connectivity index (χ0n) is 11.0. The third kappa shape index (κ3) is 11.6. The smallest absolute Gasteiger partial charge is 0.147 e. The van der Waals surface area contributed by atoms with Crippen LogP contribution in [-0.2, 0) is 14.2 Å². The SMILES string of the molecule is COCCOCOC/C=C/C=C/C(C)(C)CO. The lowest BCUT2D eigenvalue weighted by molar-refractivity contribution is -0.0571. The lowest BCUT2D eigenvalue weighted by atomic mass is 9.94. The summed E-state index contributed by atoms with van der Waals surface area (Å²) in [4.78, 5) is 0. The number of methoxy groups -OCH3 is 1. The second kappa shape index (κ2) is 10.5. The number of allylic oxidation sites excluding steroid dienone is 2. The van der Waals surface area contributed by atoms with Crippen molar-refractivity contribution in [1.29, 1.82) is 0 Å². The molecule has 0 atom stereocenters. The molecule has 0 aliphatic carbocycles. The highest BCUT2D eigenvalue weighted by atomic mass is 16.7. The highest BCUT2D eigenvalue weighted by Crippen LogP contribution is 2.14. The molecule has 0 aromatic heterocycles. The average molecular weight is 244 g/mol. The number of hydrogen-bond donors (Lipinski definition) is 1. The highest BCUT2D eigenvalue weighted by molar-refractivity contribution is 5.07. The molecule has 0 spiro atoms. The summed E-state index contributed by atoms with van der Waals surface area (Å²) < 4.78 is 15.1. The van der Waals surface area contributed by atoms with Crippen molar-refractivity contribution in [3.8, 4) is 0 Å². The minimum atomic E-state index is -0.172. The number of ether oxygens (including phenoxy) is 3. The van der Waals surface area contributed by atoms with Crippen LogP contribution in [0.3, 0.4) is 0 Å². The quantitative estimate of drug-likeness (QED) is 0.361. The van der Waals surface area contributed by atoms with E-state index in [4.69, 9.17) is 19.3 Å². The van der Waals surface area contributed by atoms with E-state index in [9.17, 15) is 0 Å². The molecule has 0 aromatic carbocycles. The first-order valence-corrected chi connectivity index (χ1v) is 5.72. The van der Waals surface area contributed by atoms with E-state index in [0.717, 1.165) is 0 Å². The molecular formula is C13H24O4. The van der Waals surface area contributed by atoms with E-state index < -0.39 is 0 Å². The summed E-state index contributed by atoms with van der Waals surface area (Å²) in [6, 6.07) is 0. The van der Waals surface area contributed by atoms with E-state index in [1.807, 2.05) is 38.2 Å². The first-order chi connectivity index (χ1) is 8.12. The number of rotatable bonds is 10. The minimum Gasteiger partial charge on any atom is -0.395 e. The van der Waals surface area contributed by atoms with Gasteiger partial charge in [0.1, 0.15) is 6.79 Å². The fraction of sp³-hybridized carbons (Fsp3) is 0.692. The molecule has 0 aliphatic rings. The lowest BCUT2D eigenvalue weighted by Gasteiger charge is -2.14. The Morgan fingerprint density at radius 2 is 1.88 bits per heavy atom. The van der Waals surface area contributed by atoms with Crippen molar-refractivity contribution in [3.05, 3.63) is 24.3 Å². The molecule has 0 bridgehead atoms. The van der Waals surface area contributed by atoms with Gasteiger partial charge < -0.3 is 19.3 Å². The van der Waals surface area contributed by atoms with E-state index in [-0.39, 0.29) is 18.8 Å². The third-order valence-corrected chi connectivity index (χ3v) is 2.01. The Morgan fingerprint density at radius 3 is 2.53 bits per heavy atom. The Kier molecular flexibility index (Phi) is 10.1. The van der Waals surface area contributed by atoms with E-state index in [1.54, 1.807) is 7.11 Å². The topological polar surface area (TPSA) is 47.9 Å². The summed E-state index contributed by atoms with van der Waals surface area (Å²) in [7, 11) is 1.63. The second-order valence-electron chi connectivity index (χ2n) is 4.32. The van der Waals surface area contributed by atoms with E-state index in [1.165, 1.54) is 0 Å². The van der Waals surface area contributed by atoms with Crippen molar-refractivity contribution in [2.24, 2.45) is 5.41 Å². The van der Waals surface area contributed by atoms with Gasteiger partial charge in [0.2, 0.25) is 0 Å². The van der Waals surface area contributed by atoms with E-state index >= 15 is 0 Å². The summed E-state index contributed by atoms with van der Waals surface area (Å²) in [5.41, 5.74) is -0.172. The van der Waals surface area contributed by atoms with Gasteiger partial charge in [0.25, 0.3) is 0 Å². The molecule has 0 rings (SSSR count). The van der Waals surface area contributed by atoms with Crippen molar-refractivity contribution >= 4 is 0 Å². The largest absolute Gasteiger partial charge is 0.395 e. The molecule has 0 aromatic rings. The molecule has 4 nitrogen and oxygen atoms in total. The van der Waals surface area contributed by atoms with Gasteiger partial charge in [-0.25, -0.2) is 0 Å². The fourth-order valence-electron chi connectivity index (χ4n) is 0.879. The number of aliphatic hydroxyl groups is 1. The first-order valence-electron chi connectivity index (χ1n) is 5.72. The summed E-state index contributed by atoms with van der Waals surface area (Å²) >= 11 is 0. The average Bonchev–Trinajstić information content (AvgIpc) is 2.31. The van der Waals surface area contributed by atoms with Crippen LogP contribution in [0.5, 0.6) is 0 Å². The third-order valence-electron chi connectivity index (χ3n) is 2.01. The molecule has 0 heterocycles. The molecule has 0 saturated carbocycles. The van der Waals surface area contributed by atoms with Crippen LogP contribution < -0.4 is 0 Å². The van der Waals surface area contributed by atoms with Gasteiger partial charge in [0.05, 0.1) is 26.4 Å². The predicted molar refractivity (Wildman–Crippen MR) is 67.8 cm³/mol. The summed E-state index contributed by atoms with van der Waals surface area (Å²) in [6.07, 6.45) is 7.65. The molecular weight excluding hydrogens is 220 g/mol. The summed E-state index contributed by atoms with van der Waals surface area (Å²) in [5, 5.41) is 9.01. The zero-order chi connectivity index (χ0) is 13.0. The van der Waals surface area contributed by atoms with Gasteiger partial charge in [-0.2, -0.15) is 0 Å². The van der Waals surface area contributed by atoms with Crippen LogP contribution in [0.1, 0.15) is 13.8 Å². The van der Waals surface area contributed by atoms with Gasteiger partial charge in [0.15, 0.2) is 0 Å². The molecule has 1 N–H and O–H groups in total. The van der Waals surface area contributed by atoms with Gasteiger partial charge in [-0.1, -0.05) is 38.2 Å². The van der Waals surface area contributed by atoms with Crippen LogP contribution in [0.25, 0.3) is 0 Å². The number of aliphatic hydroxyl groups excluding tert-OH is 1. The van der Waals surface area contributed by atoms with Gasteiger partial charge in [0, 0.05) is 12.5 Å². The molecule has 0 saturated heterocycles. The zero-order valence-corrected chi connectivity index (χ0v) is 11.0. The van der Waals surface area contributed by atoms with Crippen LogP contribution in [-0.4, -0.2) is 45.4 Å². The monoisotopic (exact) mass is 244 g/mol. The van der Waals surface area contributed by atoms with Gasteiger partial charge in [-0.15, -0.1) is 0 Å². The normalized spacial score (nSPS) is 12.9. The van der Waals surface area contributed by atoms with Gasteiger partial charge in [-0.3, -0.25) is 0 Å². The van der Waals surface area contributed by atoms with Crippen molar-refractivity contribution in [2.75, 3.05) is 40.3 Å². The maximum Gasteiger partial charge on any atom is 0.147 e. The molecule has 0 amide bonds. The molecule has 0 fully saturated rings. The lowest BCUT2D eigenvalue weighted by Crippen LogP contribution is -2.12. The van der Waals surface area contributed by atoms with Crippen LogP contribution in [0.15, 0.2) is 24.3 Å². The fourth-order valence-corrected chi connectivity index (χ4v) is 0.879. The van der Waals surface area contributed by atoms with Gasteiger partial charge >= 0.3 is 0 Å². The second-order valence-corrected chi connectivity index (χ2v) is 4.32. The van der Waals surface area contributed by atoms with Crippen LogP contribution in [0.4, 0.5) is 0 Å². The molecule has 0 unspecified atom stereocenters. The summed E-state index contributed by atoms with van der Waals surface area (Å²) in [5.74, 6) is 0. The molecule has 100 valence electrons. The molecule has 0 aliphatic heterocycles. The molecule has 17 heavy (non-hydrogen) atoms. The summed E-state index contributed by atoms with van der Waals surface area (Å²) in [6.45, 7) is 6.00. The van der Waals surface area contributed by atoms with Crippen molar-refractivity contribution in [2.45, 2.75) is 13.8 Å². The Bertz CT molecular complexity index is 221. The molecule has 0 radical (unpaired) electrons. The van der Waals surface area contributed by atoms with E-state index in [0.29, 0.717) is 19.8 Å². The highest BCUT2D eigenvalue weighted by Gasteiger charge is 2.09. The standard InChI is InChI=1S/C13H24O4/c1-13(2,11-14)7-5-4-6-8-16-12-17-10-9-15-3/h4-7,14H,8-12H2,1-3H3/b6-4+,7-5+.